The summed E-state index contributed by atoms with van der Waals surface area (Å²) in [7, 11) is 0. The zero-order chi connectivity index (χ0) is 20.7. The number of imidazole rings is 1. The molecule has 0 saturated heterocycles. The van der Waals surface area contributed by atoms with Gasteiger partial charge in [-0.2, -0.15) is 0 Å². The predicted octanol–water partition coefficient (Wildman–Crippen LogP) is 4.94. The first-order valence-electron chi connectivity index (χ1n) is 9.75. The number of nitrogens with zero attached hydrogens (tertiary/aromatic N) is 4. The number of aromatic nitrogens is 4. The third-order valence-corrected chi connectivity index (χ3v) is 6.09. The molecule has 0 amide bonds. The van der Waals surface area contributed by atoms with Crippen molar-refractivity contribution < 1.29 is 0 Å². The molecule has 5 nitrogen and oxygen atoms in total. The zero-order valence-corrected chi connectivity index (χ0v) is 17.6. The quantitative estimate of drug-likeness (QED) is 0.310. The Labute approximate surface area is 178 Å². The minimum Gasteiger partial charge on any atom is -0.307 e. The maximum absolute atomic E-state index is 13.5. The molecule has 3 heterocycles. The van der Waals surface area contributed by atoms with Gasteiger partial charge in [0, 0.05) is 18.1 Å². The summed E-state index contributed by atoms with van der Waals surface area (Å²) >= 11 is 1.53. The smallest absolute Gasteiger partial charge is 0.266 e. The van der Waals surface area contributed by atoms with E-state index in [4.69, 9.17) is 4.98 Å². The van der Waals surface area contributed by atoms with Crippen LogP contribution in [0.25, 0.3) is 22.2 Å². The summed E-state index contributed by atoms with van der Waals surface area (Å²) in [4.78, 5) is 23.0. The van der Waals surface area contributed by atoms with E-state index in [1.165, 1.54) is 11.8 Å². The minimum absolute atomic E-state index is 0.0493. The number of thioether (sulfide) groups is 1. The molecule has 0 N–H and O–H groups in total. The molecular formula is C24H20N4OS. The molecular weight excluding hydrogens is 392 g/mol. The van der Waals surface area contributed by atoms with Gasteiger partial charge in [0.05, 0.1) is 22.3 Å². The van der Waals surface area contributed by atoms with Crippen LogP contribution >= 0.6 is 11.8 Å². The molecule has 2 aromatic carbocycles. The summed E-state index contributed by atoms with van der Waals surface area (Å²) in [5.74, 6) is 0.622. The maximum Gasteiger partial charge on any atom is 0.266 e. The van der Waals surface area contributed by atoms with Crippen LogP contribution in [0.15, 0.2) is 83.0 Å². The SMILES string of the molecule is Cc1ccc(C)c(-n2c(SCc3cn4ccccc4n3)nc3ccccc3c2=O)c1. The highest BCUT2D eigenvalue weighted by Crippen LogP contribution is 2.26. The van der Waals surface area contributed by atoms with Crippen molar-refractivity contribution in [2.24, 2.45) is 0 Å². The number of hydrogen-bond donors (Lipinski definition) is 0. The second-order valence-corrected chi connectivity index (χ2v) is 8.27. The lowest BCUT2D eigenvalue weighted by atomic mass is 10.1. The highest BCUT2D eigenvalue weighted by atomic mass is 32.2. The number of fused-ring (bicyclic) bond motifs is 2. The fraction of sp³-hybridized carbons (Fsp3) is 0.125. The van der Waals surface area contributed by atoms with Crippen molar-refractivity contribution in [3.8, 4) is 5.69 Å². The molecule has 0 radical (unpaired) electrons. The van der Waals surface area contributed by atoms with Gasteiger partial charge in [0.1, 0.15) is 5.65 Å². The van der Waals surface area contributed by atoms with Gasteiger partial charge in [-0.1, -0.05) is 42.1 Å². The van der Waals surface area contributed by atoms with E-state index >= 15 is 0 Å². The Kier molecular flexibility index (Phi) is 4.64. The normalized spacial score (nSPS) is 11.4. The number of para-hydroxylation sites is 1. The lowest BCUT2D eigenvalue weighted by Gasteiger charge is -2.15. The summed E-state index contributed by atoms with van der Waals surface area (Å²) in [5.41, 5.74) is 5.53. The molecule has 0 bridgehead atoms. The Morgan fingerprint density at radius 3 is 2.67 bits per heavy atom. The van der Waals surface area contributed by atoms with Crippen LogP contribution < -0.4 is 5.56 Å². The van der Waals surface area contributed by atoms with Gasteiger partial charge >= 0.3 is 0 Å². The van der Waals surface area contributed by atoms with Crippen molar-refractivity contribution in [1.82, 2.24) is 18.9 Å². The van der Waals surface area contributed by atoms with Crippen LogP contribution in [0.2, 0.25) is 0 Å². The Balaban J connectivity index is 1.64. The monoisotopic (exact) mass is 412 g/mol. The summed E-state index contributed by atoms with van der Waals surface area (Å²) in [6.45, 7) is 4.05. The van der Waals surface area contributed by atoms with E-state index in [2.05, 4.69) is 11.1 Å². The van der Waals surface area contributed by atoms with Gasteiger partial charge in [0.25, 0.3) is 5.56 Å². The van der Waals surface area contributed by atoms with Crippen LogP contribution in [0.3, 0.4) is 0 Å². The second kappa shape index (κ2) is 7.46. The van der Waals surface area contributed by atoms with E-state index in [1.54, 1.807) is 4.57 Å². The fourth-order valence-electron chi connectivity index (χ4n) is 3.58. The van der Waals surface area contributed by atoms with Crippen LogP contribution in [0.5, 0.6) is 0 Å². The molecule has 148 valence electrons. The summed E-state index contributed by atoms with van der Waals surface area (Å²) in [6.07, 6.45) is 4.00. The molecule has 0 aliphatic carbocycles. The fourth-order valence-corrected chi connectivity index (χ4v) is 4.47. The molecule has 0 atom stereocenters. The van der Waals surface area contributed by atoms with Crippen LogP contribution in [-0.4, -0.2) is 18.9 Å². The molecule has 0 unspecified atom stereocenters. The molecule has 0 aliphatic heterocycles. The third kappa shape index (κ3) is 3.29. The van der Waals surface area contributed by atoms with Gasteiger partial charge in [-0.05, 0) is 55.3 Å². The van der Waals surface area contributed by atoms with Crippen LogP contribution in [0.1, 0.15) is 16.8 Å². The van der Waals surface area contributed by atoms with E-state index in [0.29, 0.717) is 21.8 Å². The summed E-state index contributed by atoms with van der Waals surface area (Å²) < 4.78 is 3.74. The Hall–Kier alpha value is -3.38. The summed E-state index contributed by atoms with van der Waals surface area (Å²) in [6, 6.07) is 19.6. The average molecular weight is 413 g/mol. The number of pyridine rings is 1. The molecule has 0 spiro atoms. The van der Waals surface area contributed by atoms with Gasteiger partial charge in [-0.3, -0.25) is 9.36 Å². The van der Waals surface area contributed by atoms with Crippen LogP contribution in [-0.2, 0) is 5.75 Å². The number of hydrogen-bond acceptors (Lipinski definition) is 4. The molecule has 0 aliphatic rings. The van der Waals surface area contributed by atoms with Crippen molar-refractivity contribution in [1.29, 1.82) is 0 Å². The van der Waals surface area contributed by atoms with Gasteiger partial charge in [-0.15, -0.1) is 0 Å². The zero-order valence-electron chi connectivity index (χ0n) is 16.7. The average Bonchev–Trinajstić information content (AvgIpc) is 3.17. The van der Waals surface area contributed by atoms with Crippen molar-refractivity contribution >= 4 is 28.3 Å². The van der Waals surface area contributed by atoms with Gasteiger partial charge in [0.2, 0.25) is 0 Å². The Morgan fingerprint density at radius 1 is 0.967 bits per heavy atom. The van der Waals surface area contributed by atoms with E-state index in [-0.39, 0.29) is 5.56 Å². The van der Waals surface area contributed by atoms with E-state index < -0.39 is 0 Å². The number of rotatable bonds is 4. The third-order valence-electron chi connectivity index (χ3n) is 5.11. The largest absolute Gasteiger partial charge is 0.307 e. The lowest BCUT2D eigenvalue weighted by Crippen LogP contribution is -2.22. The van der Waals surface area contributed by atoms with Crippen molar-refractivity contribution in [2.75, 3.05) is 0 Å². The van der Waals surface area contributed by atoms with Crippen molar-refractivity contribution in [3.63, 3.8) is 0 Å². The van der Waals surface area contributed by atoms with Crippen molar-refractivity contribution in [3.05, 3.63) is 100 Å². The highest BCUT2D eigenvalue weighted by molar-refractivity contribution is 7.98. The second-order valence-electron chi connectivity index (χ2n) is 7.33. The molecule has 30 heavy (non-hydrogen) atoms. The molecule has 0 saturated carbocycles. The van der Waals surface area contributed by atoms with Gasteiger partial charge in [0.15, 0.2) is 5.16 Å². The lowest BCUT2D eigenvalue weighted by molar-refractivity contribution is 0.813. The molecule has 0 fully saturated rings. The minimum atomic E-state index is -0.0493. The van der Waals surface area contributed by atoms with Crippen molar-refractivity contribution in [2.45, 2.75) is 24.8 Å². The van der Waals surface area contributed by atoms with Gasteiger partial charge in [-0.25, -0.2) is 9.97 Å². The Bertz CT molecular complexity index is 1420. The first-order chi connectivity index (χ1) is 14.6. The molecule has 5 aromatic rings. The van der Waals surface area contributed by atoms with Gasteiger partial charge < -0.3 is 4.40 Å². The number of benzene rings is 2. The first-order valence-corrected chi connectivity index (χ1v) is 10.7. The van der Waals surface area contributed by atoms with Crippen LogP contribution in [0.4, 0.5) is 0 Å². The van der Waals surface area contributed by atoms with E-state index in [0.717, 1.165) is 28.2 Å². The topological polar surface area (TPSA) is 52.2 Å². The standard InChI is InChI=1S/C24H20N4OS/c1-16-10-11-17(2)21(13-16)28-23(29)19-7-3-4-8-20(19)26-24(28)30-15-18-14-27-12-6-5-9-22(27)25-18/h3-14H,15H2,1-2H3. The van der Waals surface area contributed by atoms with Crippen LogP contribution in [0, 0.1) is 13.8 Å². The molecule has 6 heteroatoms. The molecule has 5 rings (SSSR count). The highest BCUT2D eigenvalue weighted by Gasteiger charge is 2.15. The maximum atomic E-state index is 13.5. The van der Waals surface area contributed by atoms with E-state index in [9.17, 15) is 4.79 Å². The first kappa shape index (κ1) is 18.6. The van der Waals surface area contributed by atoms with E-state index in [1.807, 2.05) is 85.2 Å². The molecule has 3 aromatic heterocycles. The number of aryl methyl sites for hydroxylation is 2. The summed E-state index contributed by atoms with van der Waals surface area (Å²) in [5, 5.41) is 1.29. The predicted molar refractivity (Wildman–Crippen MR) is 122 cm³/mol. The Morgan fingerprint density at radius 2 is 1.80 bits per heavy atom.